The van der Waals surface area contributed by atoms with E-state index in [0.29, 0.717) is 6.54 Å². The number of carbonyl (C=O) groups is 1. The van der Waals surface area contributed by atoms with Crippen LogP contribution in [0.3, 0.4) is 0 Å². The number of fused-ring (bicyclic) bond motifs is 1. The molecule has 0 spiro atoms. The minimum atomic E-state index is 0.0341. The Kier molecular flexibility index (Phi) is 6.46. The summed E-state index contributed by atoms with van der Waals surface area (Å²) >= 11 is 1.60. The van der Waals surface area contributed by atoms with E-state index < -0.39 is 0 Å². The van der Waals surface area contributed by atoms with Gasteiger partial charge in [0.05, 0.1) is 30.0 Å². The largest absolute Gasteiger partial charge is 0.370 e. The molecule has 6 heteroatoms. The van der Waals surface area contributed by atoms with E-state index in [-0.39, 0.29) is 5.91 Å². The van der Waals surface area contributed by atoms with E-state index in [9.17, 15) is 4.79 Å². The van der Waals surface area contributed by atoms with Crippen molar-refractivity contribution in [3.8, 4) is 0 Å². The fourth-order valence-electron chi connectivity index (χ4n) is 3.90. The Labute approximate surface area is 182 Å². The van der Waals surface area contributed by atoms with Crippen LogP contribution in [0.5, 0.6) is 0 Å². The van der Waals surface area contributed by atoms with Crippen LogP contribution in [0.15, 0.2) is 36.4 Å². The molecule has 0 unspecified atom stereocenters. The van der Waals surface area contributed by atoms with E-state index in [2.05, 4.69) is 39.0 Å². The zero-order valence-electron chi connectivity index (χ0n) is 18.0. The normalized spacial score (nSPS) is 14.9. The molecule has 1 aromatic heterocycles. The summed E-state index contributed by atoms with van der Waals surface area (Å²) in [5.41, 5.74) is 5.21. The lowest BCUT2D eigenvalue weighted by Crippen LogP contribution is -3.14. The van der Waals surface area contributed by atoms with Gasteiger partial charge in [0, 0.05) is 18.5 Å². The predicted octanol–water partition coefficient (Wildman–Crippen LogP) is 3.17. The molecule has 0 bridgehead atoms. The number of rotatable bonds is 6. The highest BCUT2D eigenvalue weighted by atomic mass is 32.1. The van der Waals surface area contributed by atoms with Crippen molar-refractivity contribution in [1.82, 2.24) is 4.98 Å². The summed E-state index contributed by atoms with van der Waals surface area (Å²) in [5.74, 6) is 0.0341. The van der Waals surface area contributed by atoms with Crippen molar-refractivity contribution in [2.45, 2.75) is 27.2 Å². The van der Waals surface area contributed by atoms with E-state index in [1.54, 1.807) is 16.2 Å². The minimum absolute atomic E-state index is 0.0341. The molecule has 3 aromatic rings. The SMILES string of the molecule is Cc1ccc(C(=O)N(CCC[NH+]2CCOCC2)c2nc3c(C)cccc3s2)cc1C. The standard InChI is InChI=1S/C24H29N3O2S/c1-17-8-9-20(16-19(17)3)23(28)27(11-5-10-26-12-14-29-15-13-26)24-25-22-18(2)6-4-7-21(22)30-24/h4,6-9,16H,5,10-15H2,1-3H3/p+1. The van der Waals surface area contributed by atoms with E-state index in [0.717, 1.165) is 71.3 Å². The maximum absolute atomic E-state index is 13.5. The number of anilines is 1. The van der Waals surface area contributed by atoms with Crippen molar-refractivity contribution in [1.29, 1.82) is 0 Å². The molecule has 0 atom stereocenters. The smallest absolute Gasteiger partial charge is 0.260 e. The monoisotopic (exact) mass is 424 g/mol. The first-order valence-corrected chi connectivity index (χ1v) is 11.5. The number of nitrogens with one attached hydrogen (secondary N) is 1. The summed E-state index contributed by atoms with van der Waals surface area (Å²) in [5, 5.41) is 0.791. The molecule has 0 saturated carbocycles. The Hall–Kier alpha value is -2.28. The second-order valence-corrected chi connectivity index (χ2v) is 9.15. The first-order chi connectivity index (χ1) is 14.5. The van der Waals surface area contributed by atoms with Crippen molar-refractivity contribution >= 4 is 32.6 Å². The van der Waals surface area contributed by atoms with E-state index in [1.807, 2.05) is 23.1 Å². The Morgan fingerprint density at radius 3 is 2.63 bits per heavy atom. The lowest BCUT2D eigenvalue weighted by atomic mass is 10.1. The molecule has 2 aromatic carbocycles. The van der Waals surface area contributed by atoms with Crippen molar-refractivity contribution in [2.75, 3.05) is 44.3 Å². The molecule has 2 heterocycles. The molecular weight excluding hydrogens is 394 g/mol. The lowest BCUT2D eigenvalue weighted by molar-refractivity contribution is -0.908. The van der Waals surface area contributed by atoms with Crippen molar-refractivity contribution in [2.24, 2.45) is 0 Å². The Morgan fingerprint density at radius 2 is 1.90 bits per heavy atom. The molecule has 158 valence electrons. The summed E-state index contributed by atoms with van der Waals surface area (Å²) in [6, 6.07) is 12.2. The van der Waals surface area contributed by atoms with Gasteiger partial charge >= 0.3 is 0 Å². The second kappa shape index (κ2) is 9.25. The van der Waals surface area contributed by atoms with Crippen LogP contribution in [0, 0.1) is 20.8 Å². The van der Waals surface area contributed by atoms with Crippen LogP contribution in [0.2, 0.25) is 0 Å². The van der Waals surface area contributed by atoms with Crippen molar-refractivity contribution in [3.63, 3.8) is 0 Å². The summed E-state index contributed by atoms with van der Waals surface area (Å²) in [6.45, 7) is 11.7. The number of benzene rings is 2. The van der Waals surface area contributed by atoms with Gasteiger partial charge in [0.15, 0.2) is 5.13 Å². The molecule has 4 rings (SSSR count). The highest BCUT2D eigenvalue weighted by molar-refractivity contribution is 7.22. The van der Waals surface area contributed by atoms with Crippen LogP contribution in [-0.4, -0.2) is 50.3 Å². The third-order valence-electron chi connectivity index (χ3n) is 5.95. The van der Waals surface area contributed by atoms with E-state index in [4.69, 9.17) is 9.72 Å². The summed E-state index contributed by atoms with van der Waals surface area (Å²) in [4.78, 5) is 21.8. The predicted molar refractivity (Wildman–Crippen MR) is 123 cm³/mol. The number of ether oxygens (including phenoxy) is 1. The Morgan fingerprint density at radius 1 is 1.10 bits per heavy atom. The molecule has 1 amide bonds. The van der Waals surface area contributed by atoms with Gasteiger partial charge in [-0.25, -0.2) is 4.98 Å². The number of thiazole rings is 1. The molecule has 30 heavy (non-hydrogen) atoms. The molecule has 1 N–H and O–H groups in total. The summed E-state index contributed by atoms with van der Waals surface area (Å²) in [6.07, 6.45) is 0.945. The van der Waals surface area contributed by atoms with Crippen molar-refractivity contribution < 1.29 is 14.4 Å². The molecule has 0 aliphatic carbocycles. The van der Waals surface area contributed by atoms with Crippen LogP contribution in [0.25, 0.3) is 10.2 Å². The number of amides is 1. The van der Waals surface area contributed by atoms with E-state index in [1.165, 1.54) is 5.56 Å². The van der Waals surface area contributed by atoms with Gasteiger partial charge in [-0.15, -0.1) is 0 Å². The van der Waals surface area contributed by atoms with Gasteiger partial charge in [0.1, 0.15) is 13.1 Å². The molecule has 1 aliphatic rings. The van der Waals surface area contributed by atoms with Crippen LogP contribution in [-0.2, 0) is 4.74 Å². The van der Waals surface area contributed by atoms with Crippen LogP contribution in [0.4, 0.5) is 5.13 Å². The molecule has 1 fully saturated rings. The van der Waals surface area contributed by atoms with Gasteiger partial charge in [0.25, 0.3) is 5.91 Å². The number of morpholine rings is 1. The third-order valence-corrected chi connectivity index (χ3v) is 6.99. The van der Waals surface area contributed by atoms with Gasteiger partial charge in [-0.3, -0.25) is 9.69 Å². The molecule has 5 nitrogen and oxygen atoms in total. The quantitative estimate of drug-likeness (QED) is 0.661. The number of carbonyl (C=O) groups excluding carboxylic acids is 1. The first kappa shape index (κ1) is 21.0. The number of aromatic nitrogens is 1. The Bertz CT molecular complexity index is 1040. The third kappa shape index (κ3) is 4.56. The fourth-order valence-corrected chi connectivity index (χ4v) is 4.97. The zero-order chi connectivity index (χ0) is 21.1. The molecule has 0 radical (unpaired) electrons. The number of aryl methyl sites for hydroxylation is 3. The van der Waals surface area contributed by atoms with Crippen LogP contribution in [0.1, 0.15) is 33.5 Å². The van der Waals surface area contributed by atoms with Gasteiger partial charge < -0.3 is 9.64 Å². The average Bonchev–Trinajstić information content (AvgIpc) is 3.19. The maximum atomic E-state index is 13.5. The van der Waals surface area contributed by atoms with Crippen molar-refractivity contribution in [3.05, 3.63) is 58.7 Å². The Balaban J connectivity index is 1.59. The number of nitrogens with zero attached hydrogens (tertiary/aromatic N) is 2. The summed E-state index contributed by atoms with van der Waals surface area (Å²) < 4.78 is 6.59. The van der Waals surface area contributed by atoms with Crippen LogP contribution >= 0.6 is 11.3 Å². The fraction of sp³-hybridized carbons (Fsp3) is 0.417. The topological polar surface area (TPSA) is 46.9 Å². The first-order valence-electron chi connectivity index (χ1n) is 10.7. The highest BCUT2D eigenvalue weighted by Gasteiger charge is 2.23. The maximum Gasteiger partial charge on any atom is 0.260 e. The lowest BCUT2D eigenvalue weighted by Gasteiger charge is -2.25. The molecule has 1 saturated heterocycles. The van der Waals surface area contributed by atoms with Gasteiger partial charge in [-0.2, -0.15) is 0 Å². The number of quaternary nitrogens is 1. The van der Waals surface area contributed by atoms with Gasteiger partial charge in [0.2, 0.25) is 0 Å². The van der Waals surface area contributed by atoms with E-state index >= 15 is 0 Å². The zero-order valence-corrected chi connectivity index (χ0v) is 18.8. The van der Waals surface area contributed by atoms with Gasteiger partial charge in [-0.05, 0) is 55.7 Å². The molecule has 1 aliphatic heterocycles. The number of para-hydroxylation sites is 1. The number of hydrogen-bond donors (Lipinski definition) is 1. The second-order valence-electron chi connectivity index (χ2n) is 8.14. The van der Waals surface area contributed by atoms with Crippen LogP contribution < -0.4 is 9.80 Å². The summed E-state index contributed by atoms with van der Waals surface area (Å²) in [7, 11) is 0. The highest BCUT2D eigenvalue weighted by Crippen LogP contribution is 2.31. The number of hydrogen-bond acceptors (Lipinski definition) is 4. The van der Waals surface area contributed by atoms with Gasteiger partial charge in [-0.1, -0.05) is 29.5 Å². The molecular formula is C24H30N3O2S+. The minimum Gasteiger partial charge on any atom is -0.370 e. The average molecular weight is 425 g/mol.